The predicted molar refractivity (Wildman–Crippen MR) is 90.4 cm³/mol. The first-order valence-corrected chi connectivity index (χ1v) is 9.03. The van der Waals surface area contributed by atoms with E-state index in [9.17, 15) is 50.4 Å². The van der Waals surface area contributed by atoms with Gasteiger partial charge in [0, 0.05) is 25.9 Å². The SMILES string of the molecule is O=C(CCC(=O)N1C[C@H](O)[C@@H](O)[C@H](O)[C@H]1CO)N1C[C@H](O)[C@@H](O)[C@H](O)[C@H]1CO. The van der Waals surface area contributed by atoms with Gasteiger partial charge in [-0.15, -0.1) is 0 Å². The highest BCUT2D eigenvalue weighted by Gasteiger charge is 2.44. The van der Waals surface area contributed by atoms with E-state index in [0.29, 0.717) is 0 Å². The van der Waals surface area contributed by atoms with Gasteiger partial charge < -0.3 is 50.7 Å². The summed E-state index contributed by atoms with van der Waals surface area (Å²) in [6.45, 7) is -1.97. The summed E-state index contributed by atoms with van der Waals surface area (Å²) in [5.41, 5.74) is 0. The Morgan fingerprint density at radius 3 is 1.25 bits per heavy atom. The molecule has 2 heterocycles. The van der Waals surface area contributed by atoms with Crippen LogP contribution in [0, 0.1) is 0 Å². The van der Waals surface area contributed by atoms with E-state index in [-0.39, 0.29) is 25.9 Å². The van der Waals surface area contributed by atoms with E-state index in [1.165, 1.54) is 0 Å². The summed E-state index contributed by atoms with van der Waals surface area (Å²) in [5, 5.41) is 77.4. The molecule has 2 aliphatic heterocycles. The lowest BCUT2D eigenvalue weighted by atomic mass is 9.93. The summed E-state index contributed by atoms with van der Waals surface area (Å²) in [7, 11) is 0. The molecular formula is C16H28N2O10. The smallest absolute Gasteiger partial charge is 0.223 e. The van der Waals surface area contributed by atoms with Crippen molar-refractivity contribution in [1.29, 1.82) is 0 Å². The average Bonchev–Trinajstić information content (AvgIpc) is 2.67. The Bertz CT molecular complexity index is 516. The van der Waals surface area contributed by atoms with Crippen LogP contribution in [0.4, 0.5) is 0 Å². The van der Waals surface area contributed by atoms with Gasteiger partial charge in [0.1, 0.15) is 36.6 Å². The number of amides is 2. The fourth-order valence-electron chi connectivity index (χ4n) is 3.66. The highest BCUT2D eigenvalue weighted by molar-refractivity contribution is 5.84. The van der Waals surface area contributed by atoms with E-state index in [4.69, 9.17) is 0 Å². The molecule has 0 aromatic rings. The van der Waals surface area contributed by atoms with E-state index in [1.54, 1.807) is 0 Å². The van der Waals surface area contributed by atoms with Gasteiger partial charge in [-0.05, 0) is 0 Å². The number of aliphatic hydroxyl groups excluding tert-OH is 8. The molecule has 0 aromatic carbocycles. The molecule has 2 rings (SSSR count). The number of rotatable bonds is 5. The van der Waals surface area contributed by atoms with Crippen LogP contribution >= 0.6 is 0 Å². The molecule has 8 atom stereocenters. The van der Waals surface area contributed by atoms with Crippen molar-refractivity contribution in [2.45, 2.75) is 61.5 Å². The zero-order valence-corrected chi connectivity index (χ0v) is 15.2. The topological polar surface area (TPSA) is 202 Å². The molecule has 0 bridgehead atoms. The van der Waals surface area contributed by atoms with E-state index in [2.05, 4.69) is 0 Å². The normalized spacial score (nSPS) is 39.1. The minimum absolute atomic E-state index is 0.330. The van der Waals surface area contributed by atoms with Gasteiger partial charge in [0.2, 0.25) is 11.8 Å². The zero-order chi connectivity index (χ0) is 21.2. The Hall–Kier alpha value is -1.38. The number of β-amino-alcohol motifs (C(OH)–C–C–N with tert-alkyl or cyclic N) is 2. The van der Waals surface area contributed by atoms with Crippen molar-refractivity contribution in [2.75, 3.05) is 26.3 Å². The van der Waals surface area contributed by atoms with Crippen molar-refractivity contribution in [1.82, 2.24) is 9.80 Å². The molecule has 2 fully saturated rings. The van der Waals surface area contributed by atoms with Gasteiger partial charge >= 0.3 is 0 Å². The number of hydrogen-bond donors (Lipinski definition) is 8. The van der Waals surface area contributed by atoms with Gasteiger partial charge in [-0.25, -0.2) is 0 Å². The van der Waals surface area contributed by atoms with Crippen LogP contribution in [-0.2, 0) is 9.59 Å². The van der Waals surface area contributed by atoms with Gasteiger partial charge in [0.25, 0.3) is 0 Å². The summed E-state index contributed by atoms with van der Waals surface area (Å²) in [4.78, 5) is 26.8. The number of hydrogen-bond acceptors (Lipinski definition) is 10. The van der Waals surface area contributed by atoms with Crippen LogP contribution in [0.1, 0.15) is 12.8 Å². The van der Waals surface area contributed by atoms with Crippen LogP contribution in [0.25, 0.3) is 0 Å². The van der Waals surface area contributed by atoms with Crippen molar-refractivity contribution in [3.8, 4) is 0 Å². The van der Waals surface area contributed by atoms with Gasteiger partial charge in [-0.3, -0.25) is 9.59 Å². The third-order valence-electron chi connectivity index (χ3n) is 5.41. The van der Waals surface area contributed by atoms with Crippen LogP contribution in [0.2, 0.25) is 0 Å². The lowest BCUT2D eigenvalue weighted by Gasteiger charge is -2.44. The van der Waals surface area contributed by atoms with E-state index in [0.717, 1.165) is 9.80 Å². The number of carbonyl (C=O) groups is 2. The molecule has 0 radical (unpaired) electrons. The third kappa shape index (κ3) is 4.44. The maximum Gasteiger partial charge on any atom is 0.223 e. The molecule has 12 nitrogen and oxygen atoms in total. The lowest BCUT2D eigenvalue weighted by Crippen LogP contribution is -2.64. The largest absolute Gasteiger partial charge is 0.394 e. The molecule has 0 aliphatic carbocycles. The number of piperidine rings is 2. The first kappa shape index (κ1) is 22.9. The zero-order valence-electron chi connectivity index (χ0n) is 15.2. The van der Waals surface area contributed by atoms with Crippen LogP contribution in [0.15, 0.2) is 0 Å². The van der Waals surface area contributed by atoms with E-state index < -0.39 is 73.7 Å². The van der Waals surface area contributed by atoms with Crippen LogP contribution < -0.4 is 0 Å². The molecule has 0 saturated carbocycles. The quantitative estimate of drug-likeness (QED) is 0.217. The van der Waals surface area contributed by atoms with Crippen molar-refractivity contribution in [3.05, 3.63) is 0 Å². The van der Waals surface area contributed by atoms with E-state index >= 15 is 0 Å². The van der Waals surface area contributed by atoms with Crippen molar-refractivity contribution >= 4 is 11.8 Å². The Balaban J connectivity index is 2.00. The fourth-order valence-corrected chi connectivity index (χ4v) is 3.66. The minimum atomic E-state index is -1.55. The molecule has 8 N–H and O–H groups in total. The van der Waals surface area contributed by atoms with Gasteiger partial charge in [-0.2, -0.15) is 0 Å². The summed E-state index contributed by atoms with van der Waals surface area (Å²) >= 11 is 0. The van der Waals surface area contributed by atoms with Crippen LogP contribution in [0.5, 0.6) is 0 Å². The Morgan fingerprint density at radius 2 is 0.964 bits per heavy atom. The highest BCUT2D eigenvalue weighted by atomic mass is 16.4. The molecule has 2 saturated heterocycles. The Kier molecular flexibility index (Phi) is 7.70. The maximum atomic E-state index is 12.4. The van der Waals surface area contributed by atoms with Gasteiger partial charge in [-0.1, -0.05) is 0 Å². The number of likely N-dealkylation sites (tertiary alicyclic amines) is 2. The van der Waals surface area contributed by atoms with Gasteiger partial charge in [0.05, 0.1) is 25.3 Å². The summed E-state index contributed by atoms with van der Waals surface area (Å²) in [6.07, 6.45) is -9.70. The lowest BCUT2D eigenvalue weighted by molar-refractivity contribution is -0.170. The van der Waals surface area contributed by atoms with Crippen molar-refractivity contribution in [2.24, 2.45) is 0 Å². The molecule has 162 valence electrons. The molecule has 0 spiro atoms. The molecule has 2 aliphatic rings. The van der Waals surface area contributed by atoms with Crippen LogP contribution in [-0.4, -0.2) is 137 Å². The van der Waals surface area contributed by atoms with Crippen molar-refractivity contribution < 1.29 is 50.4 Å². The molecule has 0 unspecified atom stereocenters. The number of carbonyl (C=O) groups excluding carboxylic acids is 2. The number of nitrogens with zero attached hydrogens (tertiary/aromatic N) is 2. The first-order chi connectivity index (χ1) is 13.1. The highest BCUT2D eigenvalue weighted by Crippen LogP contribution is 2.22. The van der Waals surface area contributed by atoms with Crippen LogP contribution in [0.3, 0.4) is 0 Å². The fraction of sp³-hybridized carbons (Fsp3) is 0.875. The molecule has 28 heavy (non-hydrogen) atoms. The Labute approximate surface area is 160 Å². The second kappa shape index (κ2) is 9.41. The second-order valence-corrected chi connectivity index (χ2v) is 7.19. The Morgan fingerprint density at radius 1 is 0.643 bits per heavy atom. The first-order valence-electron chi connectivity index (χ1n) is 9.03. The summed E-state index contributed by atoms with van der Waals surface area (Å²) in [6, 6.07) is -2.28. The second-order valence-electron chi connectivity index (χ2n) is 7.19. The third-order valence-corrected chi connectivity index (χ3v) is 5.41. The molecular weight excluding hydrogens is 380 g/mol. The average molecular weight is 408 g/mol. The molecule has 0 aromatic heterocycles. The predicted octanol–water partition coefficient (Wildman–Crippen LogP) is -5.66. The monoisotopic (exact) mass is 408 g/mol. The van der Waals surface area contributed by atoms with Gasteiger partial charge in [0.15, 0.2) is 0 Å². The summed E-state index contributed by atoms with van der Waals surface area (Å²) in [5.74, 6) is -1.31. The number of aliphatic hydroxyl groups is 8. The standard InChI is InChI=1S/C16H28N2O10/c19-5-7-13(25)15(27)9(21)3-17(7)11(23)1-2-12(24)18-4-10(22)16(28)14(26)8(18)6-20/h7-10,13-16,19-22,25-28H,1-6H2/t7-,8-,9+,10+,13-,14-,15-,16-/m1/s1. The summed E-state index contributed by atoms with van der Waals surface area (Å²) < 4.78 is 0. The minimum Gasteiger partial charge on any atom is -0.394 e. The molecule has 2 amide bonds. The maximum absolute atomic E-state index is 12.4. The molecule has 12 heteroatoms. The van der Waals surface area contributed by atoms with E-state index in [1.807, 2.05) is 0 Å². The van der Waals surface area contributed by atoms with Crippen molar-refractivity contribution in [3.63, 3.8) is 0 Å².